The maximum atomic E-state index is 15.4. The first kappa shape index (κ1) is 63.3. The molecule has 4 aliphatic rings. The molecule has 0 spiro atoms. The molecule has 4 aromatic rings. The van der Waals surface area contributed by atoms with E-state index in [-0.39, 0.29) is 102 Å². The molecule has 0 amide bonds. The molecule has 24 nitrogen and oxygen atoms in total. The highest BCUT2D eigenvalue weighted by molar-refractivity contribution is 7.89. The first-order valence-corrected chi connectivity index (χ1v) is 29.4. The van der Waals surface area contributed by atoms with Gasteiger partial charge in [0.15, 0.2) is 34.9 Å². The zero-order chi connectivity index (χ0) is 56.5. The number of H-pyrrole nitrogens is 2. The van der Waals surface area contributed by atoms with Gasteiger partial charge in [0.1, 0.15) is 18.0 Å². The molecule has 0 radical (unpaired) electrons. The molecule has 436 valence electrons. The summed E-state index contributed by atoms with van der Waals surface area (Å²) in [6.07, 6.45) is 6.37. The van der Waals surface area contributed by atoms with Gasteiger partial charge in [-0.15, -0.1) is 0 Å². The van der Waals surface area contributed by atoms with Crippen LogP contribution in [-0.2, 0) is 47.5 Å². The van der Waals surface area contributed by atoms with Gasteiger partial charge >= 0.3 is 11.6 Å². The molecule has 5 N–H and O–H groups in total. The zero-order valence-corrected chi connectivity index (χ0v) is 47.6. The summed E-state index contributed by atoms with van der Waals surface area (Å²) in [4.78, 5) is 42.9. The zero-order valence-electron chi connectivity index (χ0n) is 45.2. The number of anilines is 6. The van der Waals surface area contributed by atoms with E-state index in [4.69, 9.17) is 21.1 Å². The molecule has 8 rings (SSSR count). The Kier molecular flexibility index (Phi) is 22.4. The molecule has 4 fully saturated rings. The molecule has 0 aromatic carbocycles. The van der Waals surface area contributed by atoms with Gasteiger partial charge in [-0.25, -0.2) is 45.2 Å². The molecule has 29 heteroatoms. The summed E-state index contributed by atoms with van der Waals surface area (Å²) in [5, 5.41) is 29.1. The second-order valence-corrected chi connectivity index (χ2v) is 24.7. The lowest BCUT2D eigenvalue weighted by Gasteiger charge is -2.49. The Morgan fingerprint density at radius 1 is 0.718 bits per heavy atom. The minimum absolute atomic E-state index is 0. The van der Waals surface area contributed by atoms with E-state index in [1.54, 1.807) is 62.3 Å². The number of hydrogen-bond donors (Lipinski definition) is 5. The minimum atomic E-state index is -3.32. The van der Waals surface area contributed by atoms with Gasteiger partial charge < -0.3 is 39.8 Å². The highest BCUT2D eigenvalue weighted by Gasteiger charge is 2.46. The highest BCUT2D eigenvalue weighted by Crippen LogP contribution is 2.40. The third-order valence-corrected chi connectivity index (χ3v) is 17.7. The second-order valence-electron chi connectivity index (χ2n) is 20.1. The van der Waals surface area contributed by atoms with Gasteiger partial charge in [0.2, 0.25) is 31.9 Å². The number of aromatic amines is 2. The molecule has 8 heterocycles. The number of aliphatic hydroxyl groups is 1. The average Bonchev–Trinajstić information content (AvgIpc) is 3.98. The standard InChI is InChI=1S/C24H36FN7O5S.C20H30FN7O3S.C4H7ClO2.CH4/c1-6-38(34,35)32-16-8-7-9-17(32)12-18(11-16)31(5)23-26-19(13-36-24(33)37-14(2)3)21(25)22(28-23)27-20-10-15(4)29-30-20;1-4-32(30,31)28-13-6-5-7-14(28)10-15(9-13)27(3)20-22-16(11-29)18(21)19(24-20)23-17-8-12(2)25-26-17;1-3(2)7-4(5)6;/h10,14,16-18H,6-9,11-13H2,1-5H3,(H2,26,27,28,29,30);8,13-15,29H,4-7,9-11H2,1-3H3,(H2,22,23,24,25,26);3H,1-2H3;1H4/t16-,17+,18?;13-,14+,15?;;. The Labute approximate surface area is 461 Å². The number of piperidine rings is 4. The Bertz CT molecular complexity index is 2860. The molecule has 6 atom stereocenters. The van der Waals surface area contributed by atoms with Crippen molar-refractivity contribution < 1.29 is 54.5 Å². The van der Waals surface area contributed by atoms with E-state index in [9.17, 15) is 35.9 Å². The van der Waals surface area contributed by atoms with Gasteiger partial charge in [0.25, 0.3) is 0 Å². The van der Waals surface area contributed by atoms with E-state index in [0.717, 1.165) is 49.9 Å². The largest absolute Gasteiger partial charge is 0.508 e. The summed E-state index contributed by atoms with van der Waals surface area (Å²) in [6.45, 7) is 12.8. The minimum Gasteiger partial charge on any atom is -0.451 e. The van der Waals surface area contributed by atoms with Crippen molar-refractivity contribution >= 4 is 78.4 Å². The number of nitrogens with one attached hydrogen (secondary N) is 4. The predicted molar refractivity (Wildman–Crippen MR) is 292 cm³/mol. The predicted octanol–water partition coefficient (Wildman–Crippen LogP) is 8.08. The Morgan fingerprint density at radius 2 is 1.10 bits per heavy atom. The van der Waals surface area contributed by atoms with Gasteiger partial charge in [-0.3, -0.25) is 10.2 Å². The molecule has 0 saturated carbocycles. The van der Waals surface area contributed by atoms with Crippen LogP contribution in [0.15, 0.2) is 12.1 Å². The summed E-state index contributed by atoms with van der Waals surface area (Å²) in [5.74, 6) is -0.231. The van der Waals surface area contributed by atoms with Crippen LogP contribution < -0.4 is 20.4 Å². The lowest BCUT2D eigenvalue weighted by Crippen LogP contribution is -2.58. The number of aryl methyl sites for hydroxylation is 2. The number of aromatic nitrogens is 8. The van der Waals surface area contributed by atoms with Crippen LogP contribution in [0.1, 0.15) is 136 Å². The first-order valence-electron chi connectivity index (χ1n) is 25.8. The van der Waals surface area contributed by atoms with Crippen molar-refractivity contribution in [3.05, 3.63) is 46.5 Å². The Balaban J connectivity index is 0.000000256. The molecule has 4 saturated heterocycles. The molecule has 4 aliphatic heterocycles. The van der Waals surface area contributed by atoms with Crippen LogP contribution in [0.3, 0.4) is 0 Å². The van der Waals surface area contributed by atoms with Crippen LogP contribution in [0.2, 0.25) is 0 Å². The number of hydrogen-bond acceptors (Lipinski definition) is 20. The number of fused-ring (bicyclic) bond motifs is 4. The topological polar surface area (TPSA) is 296 Å². The van der Waals surface area contributed by atoms with Crippen molar-refractivity contribution in [3.8, 4) is 0 Å². The molecule has 78 heavy (non-hydrogen) atoms. The summed E-state index contributed by atoms with van der Waals surface area (Å²) < 4.78 is 99.0. The SMILES string of the molecule is C.CC(C)OC(=O)Cl.CCS(=O)(=O)N1[C@@H]2CCC[C@H]1CC(N(C)c1nc(CO)c(F)c(Nc3cc(C)[nH]n3)n1)C2.CCS(=O)(=O)N1[C@@H]2CCC[C@H]1CC(N(C)c1nc(COC(=O)OC(C)C)c(F)c(Nc3cc(C)[nH]n3)n1)C2. The van der Waals surface area contributed by atoms with Gasteiger partial charge in [-0.2, -0.15) is 28.8 Å². The monoisotopic (exact) mass is 1160 g/mol. The maximum absolute atomic E-state index is 15.4. The summed E-state index contributed by atoms with van der Waals surface area (Å²) >= 11 is 4.81. The van der Waals surface area contributed by atoms with Crippen molar-refractivity contribution in [2.75, 3.05) is 46.0 Å². The van der Waals surface area contributed by atoms with Crippen LogP contribution in [0.4, 0.5) is 53.5 Å². The average molecular weight is 1160 g/mol. The number of sulfonamides is 2. The number of carbonyl (C=O) groups is 2. The van der Waals surface area contributed by atoms with Crippen LogP contribution in [-0.4, -0.2) is 157 Å². The molecular weight excluding hydrogens is 1080 g/mol. The van der Waals surface area contributed by atoms with E-state index < -0.39 is 56.5 Å². The van der Waals surface area contributed by atoms with Crippen LogP contribution in [0, 0.1) is 25.5 Å². The summed E-state index contributed by atoms with van der Waals surface area (Å²) in [6, 6.07) is 3.06. The van der Waals surface area contributed by atoms with E-state index in [0.29, 0.717) is 37.3 Å². The molecule has 4 aromatic heterocycles. The first-order chi connectivity index (χ1) is 36.3. The normalized spacial score (nSPS) is 21.2. The van der Waals surface area contributed by atoms with Crippen LogP contribution >= 0.6 is 11.6 Å². The third-order valence-electron chi connectivity index (χ3n) is 13.7. The van der Waals surface area contributed by atoms with Crippen molar-refractivity contribution in [3.63, 3.8) is 0 Å². The highest BCUT2D eigenvalue weighted by atomic mass is 35.5. The molecule has 2 unspecified atom stereocenters. The van der Waals surface area contributed by atoms with Crippen LogP contribution in [0.25, 0.3) is 0 Å². The van der Waals surface area contributed by atoms with Gasteiger partial charge in [0, 0.05) is 85.5 Å². The van der Waals surface area contributed by atoms with E-state index in [1.807, 2.05) is 37.7 Å². The van der Waals surface area contributed by atoms with Crippen LogP contribution in [0.5, 0.6) is 0 Å². The molecule has 4 bridgehead atoms. The number of rotatable bonds is 17. The number of halogens is 3. The number of carbonyl (C=O) groups excluding carboxylic acids is 2. The maximum Gasteiger partial charge on any atom is 0.508 e. The van der Waals surface area contributed by atoms with E-state index >= 15 is 4.39 Å². The van der Waals surface area contributed by atoms with Gasteiger partial charge in [-0.05, 0) is 107 Å². The summed E-state index contributed by atoms with van der Waals surface area (Å²) in [7, 11) is -2.93. The molecular formula is C49H77ClF2N14O10S2. The quantitative estimate of drug-likeness (QED) is 0.0493. The number of ether oxygens (including phenoxy) is 3. The smallest absolute Gasteiger partial charge is 0.451 e. The lowest BCUT2D eigenvalue weighted by atomic mass is 9.83. The van der Waals surface area contributed by atoms with Crippen molar-refractivity contribution in [2.24, 2.45) is 0 Å². The van der Waals surface area contributed by atoms with Gasteiger partial charge in [0.05, 0.1) is 30.3 Å². The van der Waals surface area contributed by atoms with E-state index in [1.165, 1.54) is 0 Å². The Hall–Kier alpha value is -5.55. The third kappa shape index (κ3) is 16.1. The van der Waals surface area contributed by atoms with Crippen molar-refractivity contribution in [1.29, 1.82) is 0 Å². The fraction of sp³-hybridized carbons (Fsp3) is 0.673. The number of aliphatic hydroxyl groups excluding tert-OH is 1. The lowest BCUT2D eigenvalue weighted by molar-refractivity contribution is 0.0284. The second kappa shape index (κ2) is 27.6. The molecule has 0 aliphatic carbocycles. The fourth-order valence-corrected chi connectivity index (χ4v) is 13.5. The summed E-state index contributed by atoms with van der Waals surface area (Å²) in [5.41, 5.74) is 0.614. The number of nitrogens with zero attached hydrogens (tertiary/aromatic N) is 10. The Morgan fingerprint density at radius 3 is 1.42 bits per heavy atom. The fourth-order valence-electron chi connectivity index (χ4n) is 10.2. The van der Waals surface area contributed by atoms with Crippen molar-refractivity contribution in [2.45, 2.75) is 189 Å². The van der Waals surface area contributed by atoms with Crippen molar-refractivity contribution in [1.82, 2.24) is 48.9 Å². The van der Waals surface area contributed by atoms with E-state index in [2.05, 4.69) is 55.7 Å². The van der Waals surface area contributed by atoms with Gasteiger partial charge in [-0.1, -0.05) is 20.3 Å².